The second-order valence-corrected chi connectivity index (χ2v) is 8.45. The molecule has 31 heavy (non-hydrogen) atoms. The van der Waals surface area contributed by atoms with Crippen molar-refractivity contribution in [3.8, 4) is 11.5 Å². The molecule has 0 bridgehead atoms. The zero-order valence-electron chi connectivity index (χ0n) is 16.1. The largest absolute Gasteiger partial charge is 0.493 e. The molecule has 0 heterocycles. The zero-order chi connectivity index (χ0) is 22.4. The van der Waals surface area contributed by atoms with Crippen LogP contribution < -0.4 is 14.3 Å². The molecule has 0 spiro atoms. The van der Waals surface area contributed by atoms with Crippen molar-refractivity contribution < 1.29 is 22.1 Å². The SMILES string of the molecule is COc1ccc(/C=N\NC(=O)c2ccc(Cl)c(Cl)c2)cc1OS(=O)(=O)c1ccccc1. The summed E-state index contributed by atoms with van der Waals surface area (Å²) in [5.41, 5.74) is 3.10. The molecule has 3 aromatic carbocycles. The molecule has 0 unspecified atom stereocenters. The fourth-order valence-electron chi connectivity index (χ4n) is 2.46. The van der Waals surface area contributed by atoms with Crippen molar-refractivity contribution in [1.29, 1.82) is 0 Å². The van der Waals surface area contributed by atoms with E-state index in [1.807, 2.05) is 0 Å². The van der Waals surface area contributed by atoms with E-state index in [1.165, 1.54) is 55.8 Å². The van der Waals surface area contributed by atoms with E-state index in [4.69, 9.17) is 32.1 Å². The van der Waals surface area contributed by atoms with Crippen LogP contribution in [-0.2, 0) is 10.1 Å². The number of rotatable bonds is 7. The first-order valence-electron chi connectivity index (χ1n) is 8.76. The van der Waals surface area contributed by atoms with Gasteiger partial charge < -0.3 is 8.92 Å². The molecule has 7 nitrogen and oxygen atoms in total. The van der Waals surface area contributed by atoms with E-state index in [9.17, 15) is 13.2 Å². The van der Waals surface area contributed by atoms with Gasteiger partial charge in [-0.25, -0.2) is 5.43 Å². The smallest absolute Gasteiger partial charge is 0.339 e. The van der Waals surface area contributed by atoms with Gasteiger partial charge >= 0.3 is 10.1 Å². The second-order valence-electron chi connectivity index (χ2n) is 6.09. The number of halogens is 2. The molecule has 10 heteroatoms. The average molecular weight is 479 g/mol. The highest BCUT2D eigenvalue weighted by Gasteiger charge is 2.19. The Hall–Kier alpha value is -3.07. The third-order valence-corrected chi connectivity index (χ3v) is 5.97. The fourth-order valence-corrected chi connectivity index (χ4v) is 3.71. The summed E-state index contributed by atoms with van der Waals surface area (Å²) in [4.78, 5) is 12.2. The van der Waals surface area contributed by atoms with Gasteiger partial charge in [-0.2, -0.15) is 13.5 Å². The van der Waals surface area contributed by atoms with E-state index in [2.05, 4.69) is 10.5 Å². The van der Waals surface area contributed by atoms with E-state index in [0.29, 0.717) is 10.6 Å². The average Bonchev–Trinajstić information content (AvgIpc) is 2.76. The van der Waals surface area contributed by atoms with Gasteiger partial charge in [0, 0.05) is 5.56 Å². The lowest BCUT2D eigenvalue weighted by Crippen LogP contribution is -2.17. The van der Waals surface area contributed by atoms with Crippen LogP contribution >= 0.6 is 23.2 Å². The molecule has 0 fully saturated rings. The molecule has 0 radical (unpaired) electrons. The molecule has 3 aromatic rings. The predicted molar refractivity (Wildman–Crippen MR) is 119 cm³/mol. The molecule has 0 atom stereocenters. The Morgan fingerprint density at radius 3 is 2.39 bits per heavy atom. The van der Waals surface area contributed by atoms with Gasteiger partial charge in [0.1, 0.15) is 4.90 Å². The molecule has 0 aliphatic rings. The van der Waals surface area contributed by atoms with Gasteiger partial charge in [0.15, 0.2) is 11.5 Å². The molecule has 160 valence electrons. The van der Waals surface area contributed by atoms with Gasteiger partial charge in [-0.3, -0.25) is 4.79 Å². The second kappa shape index (κ2) is 9.82. The quantitative estimate of drug-likeness (QED) is 0.305. The van der Waals surface area contributed by atoms with Crippen molar-refractivity contribution in [3.05, 3.63) is 87.9 Å². The number of hydrogen-bond donors (Lipinski definition) is 1. The minimum atomic E-state index is -4.06. The lowest BCUT2D eigenvalue weighted by Gasteiger charge is -2.11. The summed E-state index contributed by atoms with van der Waals surface area (Å²) in [7, 11) is -2.67. The zero-order valence-corrected chi connectivity index (χ0v) is 18.4. The molecule has 0 saturated carbocycles. The number of nitrogens with one attached hydrogen (secondary N) is 1. The Kier molecular flexibility index (Phi) is 7.17. The number of nitrogens with zero attached hydrogens (tertiary/aromatic N) is 1. The Balaban J connectivity index is 1.77. The highest BCUT2D eigenvalue weighted by Crippen LogP contribution is 2.30. The number of ether oxygens (including phenoxy) is 1. The summed E-state index contributed by atoms with van der Waals surface area (Å²) >= 11 is 11.7. The van der Waals surface area contributed by atoms with E-state index in [-0.39, 0.29) is 27.0 Å². The molecule has 1 N–H and O–H groups in total. The van der Waals surface area contributed by atoms with Gasteiger partial charge in [-0.1, -0.05) is 41.4 Å². The van der Waals surface area contributed by atoms with Crippen LogP contribution in [0.4, 0.5) is 0 Å². The van der Waals surface area contributed by atoms with Gasteiger partial charge in [0.05, 0.1) is 23.4 Å². The topological polar surface area (TPSA) is 94.1 Å². The van der Waals surface area contributed by atoms with Crippen LogP contribution in [0.2, 0.25) is 10.0 Å². The van der Waals surface area contributed by atoms with Crippen molar-refractivity contribution in [2.75, 3.05) is 7.11 Å². The molecule has 0 aliphatic heterocycles. The van der Waals surface area contributed by atoms with Crippen molar-refractivity contribution >= 4 is 45.4 Å². The van der Waals surface area contributed by atoms with E-state index >= 15 is 0 Å². The Bertz CT molecular complexity index is 1230. The van der Waals surface area contributed by atoms with Gasteiger partial charge in [-0.05, 0) is 54.1 Å². The van der Waals surface area contributed by atoms with Crippen LogP contribution in [0.15, 0.2) is 76.7 Å². The molecular weight excluding hydrogens is 463 g/mol. The summed E-state index contributed by atoms with van der Waals surface area (Å²) in [6.07, 6.45) is 1.33. The molecule has 0 aromatic heterocycles. The molecule has 1 amide bonds. The van der Waals surface area contributed by atoms with Crippen LogP contribution in [0.25, 0.3) is 0 Å². The number of carbonyl (C=O) groups is 1. The van der Waals surface area contributed by atoms with Gasteiger partial charge in [-0.15, -0.1) is 0 Å². The van der Waals surface area contributed by atoms with Crippen molar-refractivity contribution in [2.45, 2.75) is 4.90 Å². The van der Waals surface area contributed by atoms with Gasteiger partial charge in [0.25, 0.3) is 5.91 Å². The summed E-state index contributed by atoms with van der Waals surface area (Å²) in [5, 5.41) is 4.45. The minimum Gasteiger partial charge on any atom is -0.493 e. The Morgan fingerprint density at radius 2 is 1.71 bits per heavy atom. The normalized spacial score (nSPS) is 11.3. The van der Waals surface area contributed by atoms with Crippen LogP contribution in [0.5, 0.6) is 11.5 Å². The maximum Gasteiger partial charge on any atom is 0.339 e. The third kappa shape index (κ3) is 5.75. The summed E-state index contributed by atoms with van der Waals surface area (Å²) < 4.78 is 35.4. The van der Waals surface area contributed by atoms with Crippen molar-refractivity contribution in [3.63, 3.8) is 0 Å². The van der Waals surface area contributed by atoms with Crippen LogP contribution in [-0.4, -0.2) is 27.6 Å². The molecule has 0 saturated heterocycles. The number of benzene rings is 3. The molecular formula is C21H16Cl2N2O5S. The molecule has 3 rings (SSSR count). The van der Waals surface area contributed by atoms with Crippen LogP contribution in [0.3, 0.4) is 0 Å². The monoisotopic (exact) mass is 478 g/mol. The fraction of sp³-hybridized carbons (Fsp3) is 0.0476. The number of hydrazone groups is 1. The summed E-state index contributed by atoms with van der Waals surface area (Å²) in [5.74, 6) is -0.297. The van der Waals surface area contributed by atoms with E-state index in [1.54, 1.807) is 24.3 Å². The predicted octanol–water partition coefficient (Wildman–Crippen LogP) is 4.53. The number of hydrogen-bond acceptors (Lipinski definition) is 6. The highest BCUT2D eigenvalue weighted by atomic mass is 35.5. The van der Waals surface area contributed by atoms with E-state index < -0.39 is 16.0 Å². The standard InChI is InChI=1S/C21H16Cl2N2O5S/c1-29-19-10-7-14(11-20(19)30-31(27,28)16-5-3-2-4-6-16)13-24-25-21(26)15-8-9-17(22)18(23)12-15/h2-13H,1H3,(H,25,26)/b24-13-. The van der Waals surface area contributed by atoms with Crippen molar-refractivity contribution in [2.24, 2.45) is 5.10 Å². The first-order chi connectivity index (χ1) is 14.8. The summed E-state index contributed by atoms with van der Waals surface area (Å²) in [6, 6.07) is 16.7. The van der Waals surface area contributed by atoms with Crippen LogP contribution in [0, 0.1) is 0 Å². The third-order valence-electron chi connectivity index (χ3n) is 3.98. The number of amides is 1. The maximum atomic E-state index is 12.5. The minimum absolute atomic E-state index is 0.00464. The summed E-state index contributed by atoms with van der Waals surface area (Å²) in [6.45, 7) is 0. The Labute approximate surface area is 189 Å². The van der Waals surface area contributed by atoms with Crippen LogP contribution in [0.1, 0.15) is 15.9 Å². The Morgan fingerprint density at radius 1 is 0.968 bits per heavy atom. The van der Waals surface area contributed by atoms with E-state index in [0.717, 1.165) is 0 Å². The number of carbonyl (C=O) groups excluding carboxylic acids is 1. The van der Waals surface area contributed by atoms with Crippen molar-refractivity contribution in [1.82, 2.24) is 5.43 Å². The number of methoxy groups -OCH3 is 1. The molecule has 0 aliphatic carbocycles. The maximum absolute atomic E-state index is 12.5. The van der Waals surface area contributed by atoms with Gasteiger partial charge in [0.2, 0.25) is 0 Å². The lowest BCUT2D eigenvalue weighted by atomic mass is 10.2. The first kappa shape index (κ1) is 22.6. The lowest BCUT2D eigenvalue weighted by molar-refractivity contribution is 0.0955. The highest BCUT2D eigenvalue weighted by molar-refractivity contribution is 7.87. The first-order valence-corrected chi connectivity index (χ1v) is 10.9.